The minimum Gasteiger partial charge on any atom is -0.467 e. The van der Waals surface area contributed by atoms with E-state index in [0.29, 0.717) is 6.42 Å². The fourth-order valence-electron chi connectivity index (χ4n) is 1.76. The topological polar surface area (TPSA) is 90.7 Å². The van der Waals surface area contributed by atoms with Gasteiger partial charge in [-0.1, -0.05) is 30.3 Å². The van der Waals surface area contributed by atoms with Crippen molar-refractivity contribution in [1.29, 1.82) is 0 Å². The third-order valence-electron chi connectivity index (χ3n) is 2.88. The molecule has 0 radical (unpaired) electrons. The number of carbonyl (C=O) groups excluding carboxylic acids is 2. The van der Waals surface area contributed by atoms with Crippen LogP contribution in [0.4, 0.5) is 0 Å². The van der Waals surface area contributed by atoms with Crippen LogP contribution in [0.25, 0.3) is 0 Å². The largest absolute Gasteiger partial charge is 0.467 e. The number of carbonyl (C=O) groups is 2. The number of methoxy groups -OCH3 is 2. The van der Waals surface area contributed by atoms with Crippen molar-refractivity contribution in [2.75, 3.05) is 20.8 Å². The van der Waals surface area contributed by atoms with Gasteiger partial charge in [-0.2, -0.15) is 0 Å². The van der Waals surface area contributed by atoms with Crippen molar-refractivity contribution >= 4 is 11.9 Å². The predicted octanol–water partition coefficient (Wildman–Crippen LogP) is -0.139. The first-order chi connectivity index (χ1) is 9.62. The molecule has 0 bridgehead atoms. The molecule has 0 heterocycles. The van der Waals surface area contributed by atoms with Gasteiger partial charge in [-0.3, -0.25) is 4.79 Å². The van der Waals surface area contributed by atoms with E-state index in [9.17, 15) is 9.59 Å². The summed E-state index contributed by atoms with van der Waals surface area (Å²) in [5.74, 6) is -0.935. The second-order valence-electron chi connectivity index (χ2n) is 4.23. The fraction of sp³-hybridized carbons (Fsp3) is 0.429. The molecule has 110 valence electrons. The highest BCUT2D eigenvalue weighted by Crippen LogP contribution is 2.05. The number of hydrogen-bond donors (Lipinski definition) is 2. The summed E-state index contributed by atoms with van der Waals surface area (Å²) in [6.07, 6.45) is -0.432. The Balaban J connectivity index is 2.75. The highest BCUT2D eigenvalue weighted by molar-refractivity contribution is 5.87. The molecule has 0 saturated heterocycles. The lowest BCUT2D eigenvalue weighted by Gasteiger charge is -2.19. The Hall–Kier alpha value is -1.92. The standard InChI is InChI=1S/C14H20N2O4/c1-19-12(9-15)13(17)16-11(14(18)20-2)8-10-6-4-3-5-7-10/h3-7,11-12H,8-9,15H2,1-2H3,(H,16,17). The van der Waals surface area contributed by atoms with E-state index in [4.69, 9.17) is 15.2 Å². The molecule has 1 rings (SSSR count). The van der Waals surface area contributed by atoms with Crippen molar-refractivity contribution in [3.8, 4) is 0 Å². The van der Waals surface area contributed by atoms with Crippen LogP contribution in [-0.2, 0) is 25.5 Å². The molecule has 1 aromatic carbocycles. The molecule has 0 aliphatic rings. The van der Waals surface area contributed by atoms with Gasteiger partial charge in [0.15, 0.2) is 0 Å². The molecule has 2 unspecified atom stereocenters. The number of amides is 1. The first-order valence-electron chi connectivity index (χ1n) is 6.27. The minimum absolute atomic E-state index is 0.0432. The van der Waals surface area contributed by atoms with Crippen LogP contribution in [0.15, 0.2) is 30.3 Å². The van der Waals surface area contributed by atoms with E-state index in [2.05, 4.69) is 5.32 Å². The SMILES string of the molecule is COC(=O)C(Cc1ccccc1)NC(=O)C(CN)OC. The highest BCUT2D eigenvalue weighted by Gasteiger charge is 2.25. The Morgan fingerprint density at radius 3 is 2.40 bits per heavy atom. The Morgan fingerprint density at radius 2 is 1.90 bits per heavy atom. The molecule has 0 spiro atoms. The van der Waals surface area contributed by atoms with Gasteiger partial charge < -0.3 is 20.5 Å². The summed E-state index contributed by atoms with van der Waals surface area (Å²) in [7, 11) is 2.67. The van der Waals surface area contributed by atoms with Gasteiger partial charge in [0.25, 0.3) is 5.91 Å². The van der Waals surface area contributed by atoms with Crippen LogP contribution in [0.1, 0.15) is 5.56 Å². The Bertz CT molecular complexity index is 432. The summed E-state index contributed by atoms with van der Waals surface area (Å²) >= 11 is 0. The molecule has 6 nitrogen and oxygen atoms in total. The van der Waals surface area contributed by atoms with Gasteiger partial charge in [0, 0.05) is 20.1 Å². The maximum atomic E-state index is 11.9. The van der Waals surface area contributed by atoms with Crippen LogP contribution in [0.3, 0.4) is 0 Å². The zero-order chi connectivity index (χ0) is 15.0. The number of hydrogen-bond acceptors (Lipinski definition) is 5. The summed E-state index contributed by atoms with van der Waals surface area (Å²) in [5.41, 5.74) is 6.34. The van der Waals surface area contributed by atoms with Gasteiger partial charge in [-0.25, -0.2) is 4.79 Å². The molecule has 1 amide bonds. The smallest absolute Gasteiger partial charge is 0.328 e. The average molecular weight is 280 g/mol. The predicted molar refractivity (Wildman–Crippen MR) is 73.9 cm³/mol. The number of nitrogens with one attached hydrogen (secondary N) is 1. The van der Waals surface area contributed by atoms with Crippen molar-refractivity contribution in [3.05, 3.63) is 35.9 Å². The van der Waals surface area contributed by atoms with Gasteiger partial charge in [-0.05, 0) is 5.56 Å². The summed E-state index contributed by atoms with van der Waals surface area (Å²) in [6, 6.07) is 8.59. The highest BCUT2D eigenvalue weighted by atomic mass is 16.5. The zero-order valence-electron chi connectivity index (χ0n) is 11.7. The molecule has 2 atom stereocenters. The molecule has 6 heteroatoms. The number of nitrogens with two attached hydrogens (primary N) is 1. The fourth-order valence-corrected chi connectivity index (χ4v) is 1.76. The molecular weight excluding hydrogens is 260 g/mol. The van der Waals surface area contributed by atoms with Crippen LogP contribution < -0.4 is 11.1 Å². The summed E-state index contributed by atoms with van der Waals surface area (Å²) in [5, 5.41) is 2.60. The van der Waals surface area contributed by atoms with Crippen LogP contribution in [0, 0.1) is 0 Å². The normalized spacial score (nSPS) is 13.3. The van der Waals surface area contributed by atoms with Crippen LogP contribution >= 0.6 is 0 Å². The minimum atomic E-state index is -0.780. The van der Waals surface area contributed by atoms with Crippen LogP contribution in [-0.4, -0.2) is 44.8 Å². The Kier molecular flexibility index (Phi) is 6.69. The van der Waals surface area contributed by atoms with Crippen LogP contribution in [0.2, 0.25) is 0 Å². The molecule has 0 aliphatic heterocycles. The first kappa shape index (κ1) is 16.1. The molecule has 3 N–H and O–H groups in total. The van der Waals surface area contributed by atoms with Gasteiger partial charge >= 0.3 is 5.97 Å². The first-order valence-corrected chi connectivity index (χ1v) is 6.27. The lowest BCUT2D eigenvalue weighted by atomic mass is 10.1. The molecule has 1 aromatic rings. The van der Waals surface area contributed by atoms with Crippen molar-refractivity contribution in [1.82, 2.24) is 5.32 Å². The Labute approximate surface area is 118 Å². The summed E-state index contributed by atoms with van der Waals surface area (Å²) < 4.78 is 9.64. The molecular formula is C14H20N2O4. The molecule has 0 saturated carbocycles. The maximum Gasteiger partial charge on any atom is 0.328 e. The quantitative estimate of drug-likeness (QED) is 0.678. The van der Waals surface area contributed by atoms with E-state index >= 15 is 0 Å². The molecule has 0 fully saturated rings. The van der Waals surface area contributed by atoms with Gasteiger partial charge in [0.05, 0.1) is 7.11 Å². The van der Waals surface area contributed by atoms with Crippen molar-refractivity contribution in [2.24, 2.45) is 5.73 Å². The van der Waals surface area contributed by atoms with E-state index in [1.165, 1.54) is 14.2 Å². The van der Waals surface area contributed by atoms with Gasteiger partial charge in [0.1, 0.15) is 12.1 Å². The summed E-state index contributed by atoms with van der Waals surface area (Å²) in [6.45, 7) is 0.0432. The monoisotopic (exact) mass is 280 g/mol. The molecule has 0 aromatic heterocycles. The lowest BCUT2D eigenvalue weighted by Crippen LogP contribution is -2.49. The number of esters is 1. The molecule has 0 aliphatic carbocycles. The number of benzene rings is 1. The van der Waals surface area contributed by atoms with Crippen molar-refractivity contribution in [2.45, 2.75) is 18.6 Å². The lowest BCUT2D eigenvalue weighted by molar-refractivity contribution is -0.146. The van der Waals surface area contributed by atoms with Crippen LogP contribution in [0.5, 0.6) is 0 Å². The Morgan fingerprint density at radius 1 is 1.25 bits per heavy atom. The van der Waals surface area contributed by atoms with Crippen molar-refractivity contribution < 1.29 is 19.1 Å². The van der Waals surface area contributed by atoms with E-state index in [1.54, 1.807) is 0 Å². The number of rotatable bonds is 7. The second kappa shape index (κ2) is 8.29. The molecule has 20 heavy (non-hydrogen) atoms. The maximum absolute atomic E-state index is 11.9. The third kappa shape index (κ3) is 4.64. The van der Waals surface area contributed by atoms with E-state index in [1.807, 2.05) is 30.3 Å². The third-order valence-corrected chi connectivity index (χ3v) is 2.88. The summed E-state index contributed by atoms with van der Waals surface area (Å²) in [4.78, 5) is 23.6. The number of ether oxygens (including phenoxy) is 2. The zero-order valence-corrected chi connectivity index (χ0v) is 11.7. The second-order valence-corrected chi connectivity index (χ2v) is 4.23. The van der Waals surface area contributed by atoms with E-state index in [-0.39, 0.29) is 6.54 Å². The van der Waals surface area contributed by atoms with Gasteiger partial charge in [0.2, 0.25) is 0 Å². The van der Waals surface area contributed by atoms with Gasteiger partial charge in [-0.15, -0.1) is 0 Å². The van der Waals surface area contributed by atoms with E-state index in [0.717, 1.165) is 5.56 Å². The van der Waals surface area contributed by atoms with E-state index < -0.39 is 24.0 Å². The average Bonchev–Trinajstić information content (AvgIpc) is 2.48. The van der Waals surface area contributed by atoms with Crippen molar-refractivity contribution in [3.63, 3.8) is 0 Å².